The number of hydrogen-bond donors (Lipinski definition) is 1. The fourth-order valence-corrected chi connectivity index (χ4v) is 0.537. The van der Waals surface area contributed by atoms with Crippen molar-refractivity contribution in [1.82, 2.24) is 5.43 Å². The minimum absolute atomic E-state index is 0.725. The van der Waals surface area contributed by atoms with E-state index in [1.54, 1.807) is 14.0 Å². The van der Waals surface area contributed by atoms with Crippen molar-refractivity contribution in [3.8, 4) is 0 Å². The van der Waals surface area contributed by atoms with Crippen molar-refractivity contribution < 1.29 is 4.79 Å². The average Bonchev–Trinajstić information content (AvgIpc) is 1.68. The summed E-state index contributed by atoms with van der Waals surface area (Å²) in [6.07, 6.45) is 0. The maximum Gasteiger partial charge on any atom is 0.182 e. The minimum atomic E-state index is 0.725. The van der Waals surface area contributed by atoms with Gasteiger partial charge in [-0.25, -0.2) is 0 Å². The Hall–Kier alpha value is -0.510. The Morgan fingerprint density at radius 1 is 1.88 bits per heavy atom. The monoisotopic (exact) mass is 132 g/mol. The number of carbonyl (C=O) groups is 1. The molecule has 4 heteroatoms. The van der Waals surface area contributed by atoms with E-state index in [1.807, 2.05) is 0 Å². The lowest BCUT2D eigenvalue weighted by Gasteiger charge is -1.88. The summed E-state index contributed by atoms with van der Waals surface area (Å²) >= 11 is 1.06. The van der Waals surface area contributed by atoms with Gasteiger partial charge in [0.1, 0.15) is 0 Å². The largest absolute Gasteiger partial charge is 0.312 e. The van der Waals surface area contributed by atoms with Gasteiger partial charge in [-0.15, -0.1) is 0 Å². The van der Waals surface area contributed by atoms with Crippen LogP contribution in [0.3, 0.4) is 0 Å². The normalized spacial score (nSPS) is 11.0. The van der Waals surface area contributed by atoms with Crippen molar-refractivity contribution in [3.63, 3.8) is 0 Å². The Bertz CT molecular complexity index is 102. The number of carbonyl (C=O) groups excluding carboxylic acids is 1. The molecule has 0 bridgehead atoms. The maximum absolute atomic E-state index is 9.74. The Balaban J connectivity index is 3.44. The molecule has 0 heterocycles. The number of nitrogens with one attached hydrogen (secondary N) is 1. The lowest BCUT2D eigenvalue weighted by Crippen LogP contribution is -1.97. The lowest BCUT2D eigenvalue weighted by molar-refractivity contribution is 0.570. The molecule has 0 aromatic heterocycles. The molecule has 0 radical (unpaired) electrons. The number of rotatable bonds is 2. The van der Waals surface area contributed by atoms with Crippen LogP contribution in [0.5, 0.6) is 0 Å². The van der Waals surface area contributed by atoms with E-state index in [0.29, 0.717) is 0 Å². The van der Waals surface area contributed by atoms with E-state index in [2.05, 4.69) is 10.5 Å². The van der Waals surface area contributed by atoms with Gasteiger partial charge >= 0.3 is 0 Å². The number of hydrogen-bond acceptors (Lipinski definition) is 4. The third-order valence-electron chi connectivity index (χ3n) is 0.488. The molecule has 0 amide bonds. The van der Waals surface area contributed by atoms with Crippen LogP contribution in [0.25, 0.3) is 0 Å². The van der Waals surface area contributed by atoms with Crippen LogP contribution in [-0.4, -0.2) is 17.7 Å². The number of nitrogens with zero attached hydrogens (tertiary/aromatic N) is 1. The van der Waals surface area contributed by atoms with Gasteiger partial charge in [0, 0.05) is 7.05 Å². The van der Waals surface area contributed by atoms with Crippen LogP contribution in [0.1, 0.15) is 6.92 Å². The molecule has 3 nitrogen and oxygen atoms in total. The van der Waals surface area contributed by atoms with Crippen LogP contribution in [-0.2, 0) is 4.79 Å². The van der Waals surface area contributed by atoms with E-state index >= 15 is 0 Å². The molecule has 0 aliphatic carbocycles. The standard InChI is InChI=1S/C4H8N2OS/c1-4(6-5-2)8-3-7/h3,5H,1-2H3/b6-4-. The molecule has 0 atom stereocenters. The Morgan fingerprint density at radius 2 is 2.50 bits per heavy atom. The Morgan fingerprint density at radius 3 is 2.88 bits per heavy atom. The average molecular weight is 132 g/mol. The molecule has 0 spiro atoms. The molecule has 0 aromatic carbocycles. The zero-order valence-corrected chi connectivity index (χ0v) is 5.66. The fourth-order valence-electron chi connectivity index (χ4n) is 0.253. The van der Waals surface area contributed by atoms with E-state index in [1.165, 1.54) is 0 Å². The molecule has 0 aliphatic heterocycles. The molecule has 46 valence electrons. The summed E-state index contributed by atoms with van der Waals surface area (Å²) in [5.41, 5.74) is 3.31. The van der Waals surface area contributed by atoms with E-state index in [9.17, 15) is 4.79 Å². The van der Waals surface area contributed by atoms with Crippen LogP contribution >= 0.6 is 11.8 Å². The zero-order chi connectivity index (χ0) is 6.41. The molecule has 0 fully saturated rings. The number of thioether (sulfide) groups is 1. The van der Waals surface area contributed by atoms with Gasteiger partial charge in [0.15, 0.2) is 5.62 Å². The number of hydrazone groups is 1. The van der Waals surface area contributed by atoms with Gasteiger partial charge in [-0.2, -0.15) is 5.10 Å². The third-order valence-corrected chi connectivity index (χ3v) is 1.02. The highest BCUT2D eigenvalue weighted by Gasteiger charge is 1.85. The van der Waals surface area contributed by atoms with Crippen LogP contribution in [0.4, 0.5) is 0 Å². The van der Waals surface area contributed by atoms with Gasteiger partial charge in [0.25, 0.3) is 0 Å². The summed E-state index contributed by atoms with van der Waals surface area (Å²) in [6.45, 7) is 1.76. The van der Waals surface area contributed by atoms with Crippen molar-refractivity contribution >= 4 is 22.4 Å². The Kier molecular flexibility index (Phi) is 4.35. The predicted octanol–water partition coefficient (Wildman–Crippen LogP) is 0.463. The van der Waals surface area contributed by atoms with Crippen LogP contribution < -0.4 is 5.43 Å². The molecule has 0 saturated heterocycles. The van der Waals surface area contributed by atoms with Gasteiger partial charge in [-0.05, 0) is 18.7 Å². The molecule has 0 saturated carbocycles. The molecule has 8 heavy (non-hydrogen) atoms. The van der Waals surface area contributed by atoms with Crippen LogP contribution in [0, 0.1) is 0 Å². The van der Waals surface area contributed by atoms with E-state index < -0.39 is 0 Å². The molecule has 0 aromatic rings. The minimum Gasteiger partial charge on any atom is -0.312 e. The highest BCUT2D eigenvalue weighted by molar-refractivity contribution is 8.24. The second-order valence-electron chi connectivity index (χ2n) is 1.07. The second-order valence-corrected chi connectivity index (χ2v) is 2.09. The highest BCUT2D eigenvalue weighted by atomic mass is 32.2. The smallest absolute Gasteiger partial charge is 0.182 e. The van der Waals surface area contributed by atoms with Gasteiger partial charge in [0.05, 0.1) is 5.04 Å². The summed E-state index contributed by atoms with van der Waals surface area (Å²) in [6, 6.07) is 0. The first-order valence-electron chi connectivity index (χ1n) is 2.12. The summed E-state index contributed by atoms with van der Waals surface area (Å²) in [5.74, 6) is 0. The van der Waals surface area contributed by atoms with Crippen LogP contribution in [0.15, 0.2) is 5.10 Å². The van der Waals surface area contributed by atoms with Gasteiger partial charge in [-0.3, -0.25) is 4.79 Å². The van der Waals surface area contributed by atoms with Crippen molar-refractivity contribution in [1.29, 1.82) is 0 Å². The van der Waals surface area contributed by atoms with E-state index in [0.717, 1.165) is 22.4 Å². The molecular formula is C4H8N2OS. The second kappa shape index (κ2) is 4.64. The first kappa shape index (κ1) is 7.49. The predicted molar refractivity (Wildman–Crippen MR) is 36.5 cm³/mol. The topological polar surface area (TPSA) is 41.5 Å². The first-order valence-corrected chi connectivity index (χ1v) is 3.00. The summed E-state index contributed by atoms with van der Waals surface area (Å²) in [7, 11) is 1.69. The SMILES string of the molecule is CN/N=C(/C)SC=O. The van der Waals surface area contributed by atoms with Gasteiger partial charge in [0.2, 0.25) is 0 Å². The van der Waals surface area contributed by atoms with Crippen LogP contribution in [0.2, 0.25) is 0 Å². The summed E-state index contributed by atoms with van der Waals surface area (Å²) in [5, 5.41) is 4.44. The fraction of sp³-hybridized carbons (Fsp3) is 0.500. The quantitative estimate of drug-likeness (QED) is 0.257. The molecule has 0 unspecified atom stereocenters. The molecule has 0 rings (SSSR count). The molecule has 1 N–H and O–H groups in total. The van der Waals surface area contributed by atoms with Crippen molar-refractivity contribution in [2.75, 3.05) is 7.05 Å². The van der Waals surface area contributed by atoms with Crippen molar-refractivity contribution in [2.45, 2.75) is 6.92 Å². The highest BCUT2D eigenvalue weighted by Crippen LogP contribution is 1.94. The maximum atomic E-state index is 9.74. The van der Waals surface area contributed by atoms with Crippen molar-refractivity contribution in [3.05, 3.63) is 0 Å². The zero-order valence-electron chi connectivity index (χ0n) is 4.84. The van der Waals surface area contributed by atoms with Crippen molar-refractivity contribution in [2.24, 2.45) is 5.10 Å². The Labute approximate surface area is 52.5 Å². The van der Waals surface area contributed by atoms with Gasteiger partial charge in [-0.1, -0.05) is 0 Å². The lowest BCUT2D eigenvalue weighted by atomic mass is 10.9. The summed E-state index contributed by atoms with van der Waals surface area (Å²) in [4.78, 5) is 9.74. The first-order chi connectivity index (χ1) is 3.81. The van der Waals surface area contributed by atoms with E-state index in [-0.39, 0.29) is 0 Å². The van der Waals surface area contributed by atoms with E-state index in [4.69, 9.17) is 0 Å². The molecular weight excluding hydrogens is 124 g/mol. The van der Waals surface area contributed by atoms with Gasteiger partial charge < -0.3 is 5.43 Å². The summed E-state index contributed by atoms with van der Waals surface area (Å²) < 4.78 is 0. The molecule has 0 aliphatic rings. The third kappa shape index (κ3) is 3.67.